The van der Waals surface area contributed by atoms with Gasteiger partial charge in [0.2, 0.25) is 5.91 Å². The van der Waals surface area contributed by atoms with Gasteiger partial charge in [-0.2, -0.15) is 0 Å². The number of rotatable bonds is 1. The normalized spacial score (nSPS) is 27.3. The quantitative estimate of drug-likeness (QED) is 0.576. The zero-order chi connectivity index (χ0) is 8.43. The lowest BCUT2D eigenvalue weighted by Crippen LogP contribution is -2.55. The maximum absolute atomic E-state index is 12.0. The fourth-order valence-electron chi connectivity index (χ4n) is 1.09. The maximum Gasteiger partial charge on any atom is 0.259 e. The molecule has 0 aromatic rings. The van der Waals surface area contributed by atoms with E-state index in [-0.39, 0.29) is 19.0 Å². The Hall–Kier alpha value is -0.710. The van der Waals surface area contributed by atoms with Crippen LogP contribution < -0.4 is 5.32 Å². The number of halogens is 2. The molecule has 0 saturated carbocycles. The molecule has 1 aliphatic rings. The number of nitrogens with zero attached hydrogens (tertiary/aromatic N) is 1. The highest BCUT2D eigenvalue weighted by molar-refractivity contribution is 5.79. The van der Waals surface area contributed by atoms with Crippen LogP contribution in [0.2, 0.25) is 0 Å². The molecule has 11 heavy (non-hydrogen) atoms. The number of hydrogen-bond donors (Lipinski definition) is 1. The average molecular weight is 164 g/mol. The minimum Gasteiger partial charge on any atom is -0.345 e. The van der Waals surface area contributed by atoms with Crippen LogP contribution in [0.4, 0.5) is 8.78 Å². The van der Waals surface area contributed by atoms with Gasteiger partial charge in [-0.3, -0.25) is 9.69 Å². The van der Waals surface area contributed by atoms with Crippen LogP contribution >= 0.6 is 0 Å². The topological polar surface area (TPSA) is 32.3 Å². The summed E-state index contributed by atoms with van der Waals surface area (Å²) in [6.45, 7) is 0.437. The van der Waals surface area contributed by atoms with Crippen LogP contribution in [0, 0.1) is 0 Å². The summed E-state index contributed by atoms with van der Waals surface area (Å²) in [6, 6.07) is -0.999. The third-order valence-electron chi connectivity index (χ3n) is 1.57. The highest BCUT2D eigenvalue weighted by Crippen LogP contribution is 2.05. The zero-order valence-corrected chi connectivity index (χ0v) is 6.18. The molecule has 64 valence electrons. The number of alkyl halides is 2. The monoisotopic (exact) mass is 164 g/mol. The molecular formula is C6H10F2N2O. The lowest BCUT2D eigenvalue weighted by Gasteiger charge is -2.29. The summed E-state index contributed by atoms with van der Waals surface area (Å²) >= 11 is 0. The molecule has 0 spiro atoms. The Morgan fingerprint density at radius 2 is 2.36 bits per heavy atom. The molecule has 0 aliphatic carbocycles. The van der Waals surface area contributed by atoms with Gasteiger partial charge in [0, 0.05) is 6.54 Å². The van der Waals surface area contributed by atoms with E-state index in [2.05, 4.69) is 5.32 Å². The molecule has 0 aromatic heterocycles. The molecule has 0 bridgehead atoms. The summed E-state index contributed by atoms with van der Waals surface area (Å²) in [5, 5.41) is 2.22. The second-order valence-corrected chi connectivity index (χ2v) is 2.71. The van der Waals surface area contributed by atoms with Crippen molar-refractivity contribution in [1.29, 1.82) is 0 Å². The van der Waals surface area contributed by atoms with Gasteiger partial charge in [0.25, 0.3) is 6.43 Å². The minimum atomic E-state index is -2.47. The standard InChI is InChI=1S/C6H10F2N2O/c1-10-2-4(6(7)8)9-5(11)3-10/h4,6H,2-3H2,1H3,(H,9,11). The number of nitrogens with one attached hydrogen (secondary N) is 1. The number of likely N-dealkylation sites (N-methyl/N-ethyl adjacent to an activating group) is 1. The van der Waals surface area contributed by atoms with E-state index in [0.29, 0.717) is 0 Å². The third-order valence-corrected chi connectivity index (χ3v) is 1.57. The Bertz CT molecular complexity index is 163. The molecule has 0 radical (unpaired) electrons. The van der Waals surface area contributed by atoms with Crippen LogP contribution in [0.5, 0.6) is 0 Å². The molecule has 1 aliphatic heterocycles. The predicted molar refractivity (Wildman–Crippen MR) is 35.4 cm³/mol. The molecule has 1 heterocycles. The van der Waals surface area contributed by atoms with Gasteiger partial charge in [-0.15, -0.1) is 0 Å². The van der Waals surface area contributed by atoms with Crippen LogP contribution in [-0.2, 0) is 4.79 Å². The molecular weight excluding hydrogens is 154 g/mol. The van der Waals surface area contributed by atoms with E-state index < -0.39 is 12.5 Å². The molecule has 5 heteroatoms. The van der Waals surface area contributed by atoms with E-state index in [4.69, 9.17) is 0 Å². The Morgan fingerprint density at radius 1 is 1.73 bits per heavy atom. The first-order chi connectivity index (χ1) is 5.09. The summed E-state index contributed by atoms with van der Waals surface area (Å²) in [6.07, 6.45) is -2.47. The third kappa shape index (κ3) is 2.11. The first-order valence-corrected chi connectivity index (χ1v) is 3.35. The Balaban J connectivity index is 2.49. The van der Waals surface area contributed by atoms with Gasteiger partial charge in [0.1, 0.15) is 6.04 Å². The summed E-state index contributed by atoms with van der Waals surface area (Å²) in [5.41, 5.74) is 0. The minimum absolute atomic E-state index is 0.212. The largest absolute Gasteiger partial charge is 0.345 e. The number of carbonyl (C=O) groups is 1. The molecule has 1 saturated heterocycles. The first kappa shape index (κ1) is 8.39. The van der Waals surface area contributed by atoms with Crippen molar-refractivity contribution in [3.05, 3.63) is 0 Å². The van der Waals surface area contributed by atoms with Crippen LogP contribution in [0.15, 0.2) is 0 Å². The molecule has 3 nitrogen and oxygen atoms in total. The zero-order valence-electron chi connectivity index (χ0n) is 6.18. The van der Waals surface area contributed by atoms with E-state index in [1.807, 2.05) is 0 Å². The predicted octanol–water partition coefficient (Wildman–Crippen LogP) is -0.318. The van der Waals surface area contributed by atoms with E-state index in [0.717, 1.165) is 0 Å². The van der Waals surface area contributed by atoms with Crippen molar-refractivity contribution in [3.8, 4) is 0 Å². The molecule has 0 aromatic carbocycles. The lowest BCUT2D eigenvalue weighted by atomic mass is 10.2. The van der Waals surface area contributed by atoms with Gasteiger partial charge in [-0.1, -0.05) is 0 Å². The summed E-state index contributed by atoms with van der Waals surface area (Å²) in [5.74, 6) is -0.330. The van der Waals surface area contributed by atoms with Crippen LogP contribution in [0.1, 0.15) is 0 Å². The number of amides is 1. The Kier molecular flexibility index (Phi) is 2.38. The second-order valence-electron chi connectivity index (χ2n) is 2.71. The SMILES string of the molecule is CN1CC(=O)NC(C(F)F)C1. The molecule has 1 N–H and O–H groups in total. The van der Waals surface area contributed by atoms with Gasteiger partial charge in [-0.05, 0) is 7.05 Å². The van der Waals surface area contributed by atoms with Gasteiger partial charge in [0.05, 0.1) is 6.54 Å². The fraction of sp³-hybridized carbons (Fsp3) is 0.833. The van der Waals surface area contributed by atoms with Crippen molar-refractivity contribution in [2.45, 2.75) is 12.5 Å². The Labute approximate surface area is 63.4 Å². The van der Waals surface area contributed by atoms with E-state index >= 15 is 0 Å². The highest BCUT2D eigenvalue weighted by Gasteiger charge is 2.28. The molecule has 1 fully saturated rings. The lowest BCUT2D eigenvalue weighted by molar-refractivity contribution is -0.127. The second kappa shape index (κ2) is 3.13. The van der Waals surface area contributed by atoms with Crippen molar-refractivity contribution < 1.29 is 13.6 Å². The molecule has 1 amide bonds. The van der Waals surface area contributed by atoms with Crippen LogP contribution in [0.25, 0.3) is 0 Å². The van der Waals surface area contributed by atoms with E-state index in [1.165, 1.54) is 0 Å². The van der Waals surface area contributed by atoms with Crippen molar-refractivity contribution in [3.63, 3.8) is 0 Å². The fourth-order valence-corrected chi connectivity index (χ4v) is 1.09. The number of hydrogen-bond acceptors (Lipinski definition) is 2. The van der Waals surface area contributed by atoms with Crippen LogP contribution in [-0.4, -0.2) is 43.4 Å². The van der Waals surface area contributed by atoms with Crippen molar-refractivity contribution >= 4 is 5.91 Å². The number of carbonyl (C=O) groups excluding carboxylic acids is 1. The highest BCUT2D eigenvalue weighted by atomic mass is 19.3. The molecule has 1 atom stereocenters. The van der Waals surface area contributed by atoms with Crippen molar-refractivity contribution in [2.75, 3.05) is 20.1 Å². The molecule has 1 unspecified atom stereocenters. The number of piperazine rings is 1. The maximum atomic E-state index is 12.0. The van der Waals surface area contributed by atoms with E-state index in [1.54, 1.807) is 11.9 Å². The first-order valence-electron chi connectivity index (χ1n) is 3.35. The van der Waals surface area contributed by atoms with Crippen LogP contribution in [0.3, 0.4) is 0 Å². The van der Waals surface area contributed by atoms with Gasteiger partial charge in [-0.25, -0.2) is 8.78 Å². The summed E-state index contributed by atoms with van der Waals surface area (Å²) in [7, 11) is 1.65. The Morgan fingerprint density at radius 3 is 2.82 bits per heavy atom. The van der Waals surface area contributed by atoms with Gasteiger partial charge in [0.15, 0.2) is 0 Å². The van der Waals surface area contributed by atoms with Crippen molar-refractivity contribution in [1.82, 2.24) is 10.2 Å². The van der Waals surface area contributed by atoms with Gasteiger partial charge < -0.3 is 5.32 Å². The van der Waals surface area contributed by atoms with Gasteiger partial charge >= 0.3 is 0 Å². The summed E-state index contributed by atoms with van der Waals surface area (Å²) < 4.78 is 24.1. The smallest absolute Gasteiger partial charge is 0.259 e. The summed E-state index contributed by atoms with van der Waals surface area (Å²) in [4.78, 5) is 12.3. The van der Waals surface area contributed by atoms with Crippen molar-refractivity contribution in [2.24, 2.45) is 0 Å². The molecule has 1 rings (SSSR count). The van der Waals surface area contributed by atoms with E-state index in [9.17, 15) is 13.6 Å². The average Bonchev–Trinajstić information content (AvgIpc) is 1.85.